The van der Waals surface area contributed by atoms with E-state index in [9.17, 15) is 29.4 Å². The Morgan fingerprint density at radius 2 is 1.69 bits per heavy atom. The molecule has 2 aliphatic carbocycles. The van der Waals surface area contributed by atoms with Gasteiger partial charge < -0.3 is 31.5 Å². The van der Waals surface area contributed by atoms with Gasteiger partial charge in [-0.05, 0) is 61.9 Å². The number of nitrogens with one attached hydrogen (secondary N) is 2. The number of hydrogen-bond acceptors (Lipinski definition) is 8. The number of aliphatic hydroxyl groups excluding tert-OH is 1. The van der Waals surface area contributed by atoms with E-state index < -0.39 is 53.1 Å². The molecule has 1 aromatic heterocycles. The number of nitrogens with zero attached hydrogens (tertiary/aromatic N) is 4. The number of primary amides is 1. The second-order valence-corrected chi connectivity index (χ2v) is 15.4. The van der Waals surface area contributed by atoms with Crippen molar-refractivity contribution in [3.63, 3.8) is 0 Å². The van der Waals surface area contributed by atoms with E-state index in [1.807, 2.05) is 36.4 Å². The Labute approximate surface area is 298 Å². The highest BCUT2D eigenvalue weighted by molar-refractivity contribution is 6.01. The number of carbonyl (C=O) groups excluding carboxylic acids is 4. The van der Waals surface area contributed by atoms with E-state index in [4.69, 9.17) is 5.73 Å². The lowest BCUT2D eigenvalue weighted by molar-refractivity contribution is -0.143. The van der Waals surface area contributed by atoms with Crippen molar-refractivity contribution in [2.75, 3.05) is 6.54 Å². The van der Waals surface area contributed by atoms with Gasteiger partial charge in [0.1, 0.15) is 17.7 Å². The van der Waals surface area contributed by atoms with Gasteiger partial charge in [0.15, 0.2) is 6.10 Å². The van der Waals surface area contributed by atoms with Crippen LogP contribution in [0, 0.1) is 5.92 Å². The lowest BCUT2D eigenvalue weighted by atomic mass is 9.77. The Morgan fingerprint density at radius 1 is 1.00 bits per heavy atom. The normalized spacial score (nSPS) is 22.3. The van der Waals surface area contributed by atoms with E-state index >= 15 is 0 Å². The summed E-state index contributed by atoms with van der Waals surface area (Å²) in [4.78, 5) is 56.8. The maximum Gasteiger partial charge on any atom is 0.251 e. The van der Waals surface area contributed by atoms with E-state index in [0.29, 0.717) is 43.4 Å². The van der Waals surface area contributed by atoms with E-state index in [2.05, 4.69) is 20.9 Å². The number of aliphatic hydroxyl groups is 2. The molecule has 13 heteroatoms. The van der Waals surface area contributed by atoms with Gasteiger partial charge in [-0.15, -0.1) is 5.10 Å². The Balaban J connectivity index is 1.33. The monoisotopic (exact) mass is 701 g/mol. The van der Waals surface area contributed by atoms with Crippen LogP contribution in [0.3, 0.4) is 0 Å². The summed E-state index contributed by atoms with van der Waals surface area (Å²) < 4.78 is 1.56. The summed E-state index contributed by atoms with van der Waals surface area (Å²) in [5.74, 6) is -1.98. The molecule has 3 fully saturated rings. The van der Waals surface area contributed by atoms with Gasteiger partial charge >= 0.3 is 0 Å². The zero-order valence-electron chi connectivity index (χ0n) is 29.6. The Kier molecular flexibility index (Phi) is 10.8. The average molecular weight is 702 g/mol. The van der Waals surface area contributed by atoms with Crippen molar-refractivity contribution >= 4 is 34.4 Å². The highest BCUT2D eigenvalue weighted by atomic mass is 16.3. The zero-order chi connectivity index (χ0) is 36.3. The highest BCUT2D eigenvalue weighted by Crippen LogP contribution is 2.36. The fraction of sp³-hybridized carbons (Fsp3) is 0.579. The highest BCUT2D eigenvalue weighted by Gasteiger charge is 2.49. The van der Waals surface area contributed by atoms with Crippen LogP contribution < -0.4 is 16.4 Å². The first-order chi connectivity index (χ1) is 24.4. The predicted molar refractivity (Wildman–Crippen MR) is 190 cm³/mol. The first-order valence-electron chi connectivity index (χ1n) is 18.4. The summed E-state index contributed by atoms with van der Waals surface area (Å²) in [6.45, 7) is 3.30. The average Bonchev–Trinajstić information content (AvgIpc) is 3.80. The molecule has 4 amide bonds. The predicted octanol–water partition coefficient (Wildman–Crippen LogP) is 3.24. The standard InChI is InChI=1S/C38H51N7O6/c1-37(2,51)31-22-40-43-45(31)28-21-30(35(49)42-38(32(46)33(39)47)17-9-4-10-18-38)44(23-28)36(50)29(19-24-11-5-3-6-12-24)41-34(48)27-16-15-25-13-7-8-14-26(25)20-27/h7-8,13-16,20,22,24,28-30,32,46,51H,3-6,9-12,17-19,21,23H2,1-2H3,(H2,39,47)(H,41,48)(H,42,49)/t28-,29?,30-,32?/m0/s1. The second kappa shape index (κ2) is 15.1. The Hall–Kier alpha value is -4.36. The van der Waals surface area contributed by atoms with Gasteiger partial charge in [0, 0.05) is 18.5 Å². The van der Waals surface area contributed by atoms with Gasteiger partial charge in [0.2, 0.25) is 17.7 Å². The van der Waals surface area contributed by atoms with Crippen LogP contribution in [0.25, 0.3) is 10.8 Å². The molecule has 6 rings (SSSR count). The molecule has 1 saturated heterocycles. The van der Waals surface area contributed by atoms with Gasteiger partial charge in [-0.2, -0.15) is 0 Å². The van der Waals surface area contributed by atoms with Crippen molar-refractivity contribution in [1.29, 1.82) is 0 Å². The number of carbonyl (C=O) groups is 4. The molecule has 2 saturated carbocycles. The molecule has 1 aliphatic heterocycles. The molecule has 4 atom stereocenters. The largest absolute Gasteiger partial charge is 0.384 e. The molecular formula is C38H51N7O6. The number of amides is 4. The van der Waals surface area contributed by atoms with Crippen molar-refractivity contribution in [1.82, 2.24) is 30.5 Å². The van der Waals surface area contributed by atoms with Crippen molar-refractivity contribution in [3.05, 3.63) is 59.9 Å². The van der Waals surface area contributed by atoms with E-state index in [1.165, 1.54) is 11.1 Å². The number of benzene rings is 2. The minimum absolute atomic E-state index is 0.0712. The molecule has 13 nitrogen and oxygen atoms in total. The van der Waals surface area contributed by atoms with Gasteiger partial charge in [-0.25, -0.2) is 4.68 Å². The lowest BCUT2D eigenvalue weighted by Gasteiger charge is -2.41. The van der Waals surface area contributed by atoms with Crippen LogP contribution in [0.1, 0.15) is 113 Å². The lowest BCUT2D eigenvalue weighted by Crippen LogP contribution is -2.64. The molecule has 2 unspecified atom stereocenters. The quantitative estimate of drug-likeness (QED) is 0.201. The van der Waals surface area contributed by atoms with Gasteiger partial charge in [-0.1, -0.05) is 86.9 Å². The third-order valence-electron chi connectivity index (χ3n) is 11.2. The van der Waals surface area contributed by atoms with E-state index in [0.717, 1.165) is 49.3 Å². The maximum absolute atomic E-state index is 14.8. The van der Waals surface area contributed by atoms with Crippen LogP contribution >= 0.6 is 0 Å². The summed E-state index contributed by atoms with van der Waals surface area (Å²) in [5, 5.41) is 38.1. The van der Waals surface area contributed by atoms with Gasteiger partial charge in [0.25, 0.3) is 5.91 Å². The Bertz CT molecular complexity index is 1740. The molecule has 51 heavy (non-hydrogen) atoms. The molecule has 6 N–H and O–H groups in total. The number of rotatable bonds is 11. The number of likely N-dealkylation sites (tertiary alicyclic amines) is 1. The smallest absolute Gasteiger partial charge is 0.251 e. The van der Waals surface area contributed by atoms with Crippen LogP contribution in [0.2, 0.25) is 0 Å². The minimum Gasteiger partial charge on any atom is -0.384 e. The molecule has 0 spiro atoms. The van der Waals surface area contributed by atoms with Crippen LogP contribution in [-0.4, -0.2) is 84.0 Å². The topological polar surface area (TPSA) is 193 Å². The van der Waals surface area contributed by atoms with Gasteiger partial charge in [0.05, 0.1) is 23.5 Å². The molecule has 3 aliphatic rings. The maximum atomic E-state index is 14.8. The van der Waals surface area contributed by atoms with E-state index in [1.54, 1.807) is 24.6 Å². The van der Waals surface area contributed by atoms with Crippen LogP contribution in [0.15, 0.2) is 48.7 Å². The molecule has 0 radical (unpaired) electrons. The third kappa shape index (κ3) is 7.94. The number of hydrogen-bond donors (Lipinski definition) is 5. The Morgan fingerprint density at radius 3 is 2.37 bits per heavy atom. The minimum atomic E-state index is -1.60. The number of fused-ring (bicyclic) bond motifs is 1. The number of aromatic nitrogens is 3. The van der Waals surface area contributed by atoms with Crippen molar-refractivity contribution in [2.24, 2.45) is 11.7 Å². The molecule has 2 heterocycles. The third-order valence-corrected chi connectivity index (χ3v) is 11.2. The van der Waals surface area contributed by atoms with Crippen LogP contribution in [0.5, 0.6) is 0 Å². The van der Waals surface area contributed by atoms with Gasteiger partial charge in [-0.3, -0.25) is 19.2 Å². The van der Waals surface area contributed by atoms with Crippen molar-refractivity contribution in [2.45, 2.75) is 126 Å². The SMILES string of the molecule is CC(C)(O)c1cnnn1[C@H]1C[C@@H](C(=O)NC2(C(O)C(N)=O)CCCCC2)N(C(=O)C(CC2CCCCC2)NC(=O)c2ccc3ccccc3c2)C1. The zero-order valence-corrected chi connectivity index (χ0v) is 29.6. The summed E-state index contributed by atoms with van der Waals surface area (Å²) in [7, 11) is 0. The fourth-order valence-electron chi connectivity index (χ4n) is 8.44. The molecule has 0 bridgehead atoms. The second-order valence-electron chi connectivity index (χ2n) is 15.4. The summed E-state index contributed by atoms with van der Waals surface area (Å²) in [5.41, 5.74) is 3.87. The molecule has 274 valence electrons. The molecule has 3 aromatic rings. The summed E-state index contributed by atoms with van der Waals surface area (Å²) >= 11 is 0. The van der Waals surface area contributed by atoms with Crippen LogP contribution in [-0.2, 0) is 20.0 Å². The first kappa shape index (κ1) is 36.4. The number of nitrogens with two attached hydrogens (primary N) is 1. The van der Waals surface area contributed by atoms with Crippen LogP contribution in [0.4, 0.5) is 0 Å². The summed E-state index contributed by atoms with van der Waals surface area (Å²) in [6, 6.07) is 10.7. The van der Waals surface area contributed by atoms with E-state index in [-0.39, 0.29) is 24.8 Å². The first-order valence-corrected chi connectivity index (χ1v) is 18.4. The summed E-state index contributed by atoms with van der Waals surface area (Å²) in [6.07, 6.45) is 8.59. The van der Waals surface area contributed by atoms with Crippen molar-refractivity contribution < 1.29 is 29.4 Å². The molecular weight excluding hydrogens is 650 g/mol. The fourth-order valence-corrected chi connectivity index (χ4v) is 8.44. The van der Waals surface area contributed by atoms with Crippen molar-refractivity contribution in [3.8, 4) is 0 Å². The molecule has 2 aromatic carbocycles.